The first-order valence-corrected chi connectivity index (χ1v) is 9.88. The molecule has 1 fully saturated rings. The first-order chi connectivity index (χ1) is 15.7. The van der Waals surface area contributed by atoms with Crippen LogP contribution in [0.1, 0.15) is 31.8 Å². The van der Waals surface area contributed by atoms with Crippen LogP contribution in [0.25, 0.3) is 6.08 Å². The summed E-state index contributed by atoms with van der Waals surface area (Å²) in [5.74, 6) is -2.63. The van der Waals surface area contributed by atoms with Gasteiger partial charge >= 0.3 is 6.18 Å². The maximum absolute atomic E-state index is 13.8. The number of hydrogen-bond donors (Lipinski definition) is 0. The Hall–Kier alpha value is -3.40. The largest absolute Gasteiger partial charge is 0.493 e. The molecule has 6 nitrogen and oxygen atoms in total. The highest BCUT2D eigenvalue weighted by Crippen LogP contribution is 2.42. The number of hydrogen-bond acceptors (Lipinski definition) is 5. The third-order valence-electron chi connectivity index (χ3n) is 5.03. The number of rotatable bonds is 6. The first-order valence-electron chi connectivity index (χ1n) is 9.88. The average molecular weight is 467 g/mol. The monoisotopic (exact) mass is 467 g/mol. The molecule has 0 unspecified atom stereocenters. The zero-order chi connectivity index (χ0) is 24.2. The van der Waals surface area contributed by atoms with Gasteiger partial charge in [0.2, 0.25) is 0 Å². The van der Waals surface area contributed by atoms with Crippen LogP contribution in [0.5, 0.6) is 11.5 Å². The molecule has 1 heterocycles. The number of methoxy groups -OCH3 is 2. The Morgan fingerprint density at radius 1 is 1.06 bits per heavy atom. The molecule has 0 atom stereocenters. The summed E-state index contributed by atoms with van der Waals surface area (Å²) >= 11 is 0. The van der Waals surface area contributed by atoms with Crippen LogP contribution in [0.15, 0.2) is 36.4 Å². The normalized spacial score (nSPS) is 14.4. The number of allylic oxidation sites excluding steroid dienone is 1. The molecular weight excluding hydrogens is 446 g/mol. The smallest absolute Gasteiger partial charge is 0.420 e. The molecule has 176 valence electrons. The summed E-state index contributed by atoms with van der Waals surface area (Å²) in [6.45, 7) is 1.38. The highest BCUT2D eigenvalue weighted by molar-refractivity contribution is 6.08. The highest BCUT2D eigenvalue weighted by atomic mass is 19.4. The quantitative estimate of drug-likeness (QED) is 0.362. The van der Waals surface area contributed by atoms with Gasteiger partial charge in [-0.25, -0.2) is 4.39 Å². The molecule has 3 rings (SSSR count). The maximum atomic E-state index is 13.8. The van der Waals surface area contributed by atoms with Crippen LogP contribution in [0.3, 0.4) is 0 Å². The Balaban J connectivity index is 1.95. The lowest BCUT2D eigenvalue weighted by Gasteiger charge is -2.27. The lowest BCUT2D eigenvalue weighted by Crippen LogP contribution is -2.41. The molecular formula is C23H21F4NO5. The predicted molar refractivity (Wildman–Crippen MR) is 111 cm³/mol. The second-order valence-corrected chi connectivity index (χ2v) is 7.09. The average Bonchev–Trinajstić information content (AvgIpc) is 2.81. The Bertz CT molecular complexity index is 1080. The molecule has 0 radical (unpaired) electrons. The van der Waals surface area contributed by atoms with E-state index in [1.807, 2.05) is 0 Å². The number of ketones is 1. The molecule has 1 aliphatic heterocycles. The van der Waals surface area contributed by atoms with E-state index in [9.17, 15) is 27.2 Å². The molecule has 0 N–H and O–H groups in total. The van der Waals surface area contributed by atoms with Crippen LogP contribution in [0, 0.1) is 5.82 Å². The van der Waals surface area contributed by atoms with Crippen molar-refractivity contribution in [2.45, 2.75) is 6.18 Å². The van der Waals surface area contributed by atoms with E-state index in [0.29, 0.717) is 32.4 Å². The van der Waals surface area contributed by atoms with Crippen molar-refractivity contribution in [3.05, 3.63) is 64.5 Å². The van der Waals surface area contributed by atoms with Crippen molar-refractivity contribution in [3.8, 4) is 11.5 Å². The van der Waals surface area contributed by atoms with E-state index in [1.165, 1.54) is 17.0 Å². The van der Waals surface area contributed by atoms with Gasteiger partial charge in [-0.1, -0.05) is 12.1 Å². The minimum Gasteiger partial charge on any atom is -0.493 e. The zero-order valence-electron chi connectivity index (χ0n) is 17.9. The number of carbonyl (C=O) groups excluding carboxylic acids is 2. The van der Waals surface area contributed by atoms with Crippen molar-refractivity contribution >= 4 is 17.8 Å². The number of halogens is 4. The van der Waals surface area contributed by atoms with Crippen LogP contribution < -0.4 is 9.47 Å². The van der Waals surface area contributed by atoms with Gasteiger partial charge in [0.1, 0.15) is 11.4 Å². The van der Waals surface area contributed by atoms with E-state index in [-0.39, 0.29) is 22.4 Å². The maximum Gasteiger partial charge on any atom is 0.420 e. The number of benzene rings is 2. The van der Waals surface area contributed by atoms with Crippen LogP contribution in [-0.4, -0.2) is 57.1 Å². The van der Waals surface area contributed by atoms with E-state index in [2.05, 4.69) is 0 Å². The van der Waals surface area contributed by atoms with Gasteiger partial charge in [-0.3, -0.25) is 9.59 Å². The summed E-state index contributed by atoms with van der Waals surface area (Å²) in [7, 11) is 2.22. The molecule has 0 aromatic heterocycles. The van der Waals surface area contributed by atoms with E-state index in [4.69, 9.17) is 14.2 Å². The first kappa shape index (κ1) is 24.2. The van der Waals surface area contributed by atoms with Gasteiger partial charge in [-0.2, -0.15) is 13.2 Å². The van der Waals surface area contributed by atoms with Crippen molar-refractivity contribution in [2.75, 3.05) is 40.5 Å². The molecule has 2 aromatic rings. The Morgan fingerprint density at radius 3 is 2.36 bits per heavy atom. The Morgan fingerprint density at radius 2 is 1.76 bits per heavy atom. The molecule has 0 aliphatic carbocycles. The molecule has 33 heavy (non-hydrogen) atoms. The van der Waals surface area contributed by atoms with Crippen molar-refractivity contribution in [3.63, 3.8) is 0 Å². The number of morpholine rings is 1. The molecule has 1 saturated heterocycles. The lowest BCUT2D eigenvalue weighted by molar-refractivity contribution is -0.138. The Labute approximate surface area is 187 Å². The van der Waals surface area contributed by atoms with Gasteiger partial charge in [0.15, 0.2) is 17.3 Å². The SMILES string of the molecule is COc1cc(C(=O)/C=C/c2ccc(F)cc2C(=O)N2CCOCC2)cc(C(F)(F)F)c1OC. The topological polar surface area (TPSA) is 65.1 Å². The third kappa shape index (κ3) is 5.51. The zero-order valence-corrected chi connectivity index (χ0v) is 17.9. The van der Waals surface area contributed by atoms with Crippen LogP contribution in [-0.2, 0) is 10.9 Å². The summed E-state index contributed by atoms with van der Waals surface area (Å²) < 4.78 is 69.2. The molecule has 1 aliphatic rings. The fourth-order valence-corrected chi connectivity index (χ4v) is 3.37. The number of carbonyl (C=O) groups is 2. The fourth-order valence-electron chi connectivity index (χ4n) is 3.37. The second kappa shape index (κ2) is 10.0. The van der Waals surface area contributed by atoms with Gasteiger partial charge in [-0.05, 0) is 35.9 Å². The molecule has 10 heteroatoms. The summed E-state index contributed by atoms with van der Waals surface area (Å²) in [6.07, 6.45) is -2.50. The number of ether oxygens (including phenoxy) is 3. The van der Waals surface area contributed by atoms with E-state index in [0.717, 1.165) is 38.5 Å². The number of nitrogens with zero attached hydrogens (tertiary/aromatic N) is 1. The standard InChI is InChI=1S/C23H21F4NO5/c1-31-20-12-15(11-18(21(20)32-2)23(25,26)27)19(29)6-4-14-3-5-16(24)13-17(14)22(30)28-7-9-33-10-8-28/h3-6,11-13H,7-10H2,1-2H3/b6-4+. The Kier molecular flexibility index (Phi) is 7.37. The van der Waals surface area contributed by atoms with E-state index in [1.54, 1.807) is 0 Å². The van der Waals surface area contributed by atoms with E-state index >= 15 is 0 Å². The number of amides is 1. The lowest BCUT2D eigenvalue weighted by atomic mass is 10.0. The second-order valence-electron chi connectivity index (χ2n) is 7.09. The molecule has 0 spiro atoms. The predicted octanol–water partition coefficient (Wildman–Crippen LogP) is 4.23. The molecule has 0 saturated carbocycles. The van der Waals surface area contributed by atoms with Gasteiger partial charge in [0, 0.05) is 24.2 Å². The minimum atomic E-state index is -4.78. The van der Waals surface area contributed by atoms with Crippen molar-refractivity contribution < 1.29 is 41.4 Å². The van der Waals surface area contributed by atoms with Gasteiger partial charge in [-0.15, -0.1) is 0 Å². The van der Waals surface area contributed by atoms with Crippen LogP contribution >= 0.6 is 0 Å². The van der Waals surface area contributed by atoms with Gasteiger partial charge in [0.25, 0.3) is 5.91 Å². The van der Waals surface area contributed by atoms with Gasteiger partial charge in [0.05, 0.1) is 27.4 Å². The third-order valence-corrected chi connectivity index (χ3v) is 5.03. The summed E-state index contributed by atoms with van der Waals surface area (Å²) in [5.41, 5.74) is -1.17. The van der Waals surface area contributed by atoms with Crippen LogP contribution in [0.4, 0.5) is 17.6 Å². The van der Waals surface area contributed by atoms with E-state index < -0.39 is 35.0 Å². The molecule has 0 bridgehead atoms. The van der Waals surface area contributed by atoms with Crippen molar-refractivity contribution in [1.29, 1.82) is 0 Å². The molecule has 2 aromatic carbocycles. The highest BCUT2D eigenvalue weighted by Gasteiger charge is 2.37. The van der Waals surface area contributed by atoms with Crippen molar-refractivity contribution in [1.82, 2.24) is 4.90 Å². The van der Waals surface area contributed by atoms with Crippen LogP contribution in [0.2, 0.25) is 0 Å². The van der Waals surface area contributed by atoms with Gasteiger partial charge < -0.3 is 19.1 Å². The fraction of sp³-hybridized carbons (Fsp3) is 0.304. The van der Waals surface area contributed by atoms with Crippen molar-refractivity contribution in [2.24, 2.45) is 0 Å². The summed E-state index contributed by atoms with van der Waals surface area (Å²) in [4.78, 5) is 27.0. The molecule has 1 amide bonds. The minimum absolute atomic E-state index is 0.0317. The summed E-state index contributed by atoms with van der Waals surface area (Å²) in [6, 6.07) is 5.30. The number of alkyl halides is 3. The summed E-state index contributed by atoms with van der Waals surface area (Å²) in [5, 5.41) is 0.